The Bertz CT molecular complexity index is 618. The quantitative estimate of drug-likeness (QED) is 0.437. The fraction of sp³-hybridized carbons (Fsp3) is 0.533. The number of methoxy groups -OCH3 is 1. The highest BCUT2D eigenvalue weighted by Crippen LogP contribution is 2.37. The number of halogens is 1. The number of hydrogen-bond acceptors (Lipinski definition) is 6. The van der Waals surface area contributed by atoms with Gasteiger partial charge in [0, 0.05) is 10.8 Å². The third-order valence-electron chi connectivity index (χ3n) is 3.45. The van der Waals surface area contributed by atoms with Crippen LogP contribution in [0.25, 0.3) is 0 Å². The largest absolute Gasteiger partial charge is 0.492 e. The number of hydrogen-bond donors (Lipinski definition) is 0. The number of rotatable bonds is 7. The third kappa shape index (κ3) is 3.04. The summed E-state index contributed by atoms with van der Waals surface area (Å²) in [6.07, 6.45) is 1.30. The van der Waals surface area contributed by atoms with Crippen molar-refractivity contribution in [3.8, 4) is 5.75 Å². The van der Waals surface area contributed by atoms with Crippen molar-refractivity contribution >= 4 is 28.9 Å². The molecular formula is C15H17FO5S. The highest BCUT2D eigenvalue weighted by atomic mass is 32.1. The van der Waals surface area contributed by atoms with Crippen LogP contribution in [-0.4, -0.2) is 31.3 Å². The van der Waals surface area contributed by atoms with Crippen molar-refractivity contribution in [3.05, 3.63) is 15.6 Å². The summed E-state index contributed by atoms with van der Waals surface area (Å²) in [7, 11) is 1.30. The van der Waals surface area contributed by atoms with E-state index < -0.39 is 29.3 Å². The second-order valence-electron chi connectivity index (χ2n) is 5.06. The first-order valence-electron chi connectivity index (χ1n) is 6.99. The van der Waals surface area contributed by atoms with Gasteiger partial charge in [-0.2, -0.15) is 0 Å². The smallest absolute Gasteiger partial charge is 0.324 e. The van der Waals surface area contributed by atoms with Crippen LogP contribution in [0.1, 0.15) is 34.3 Å². The SMILES string of the molecule is CCOC(=O)C(C(=O)c1sc(C)c(OC)c1F)C(=O)C1CC1. The fourth-order valence-corrected chi connectivity index (χ4v) is 3.18. The van der Waals surface area contributed by atoms with Crippen LogP contribution in [0.15, 0.2) is 0 Å². The average molecular weight is 328 g/mol. The Kier molecular flexibility index (Phi) is 4.95. The number of thiophene rings is 1. The summed E-state index contributed by atoms with van der Waals surface area (Å²) in [4.78, 5) is 37.0. The lowest BCUT2D eigenvalue weighted by atomic mass is 9.94. The van der Waals surface area contributed by atoms with Crippen LogP contribution in [0, 0.1) is 24.6 Å². The predicted molar refractivity (Wildman–Crippen MR) is 77.8 cm³/mol. The molecule has 1 saturated carbocycles. The van der Waals surface area contributed by atoms with Gasteiger partial charge in [0.2, 0.25) is 0 Å². The van der Waals surface area contributed by atoms with Crippen molar-refractivity contribution in [1.29, 1.82) is 0 Å². The molecule has 7 heteroatoms. The van der Waals surface area contributed by atoms with Crippen LogP contribution in [0.4, 0.5) is 4.39 Å². The van der Waals surface area contributed by atoms with Gasteiger partial charge in [-0.25, -0.2) is 4.39 Å². The number of esters is 1. The molecule has 0 radical (unpaired) electrons. The van der Waals surface area contributed by atoms with Gasteiger partial charge in [-0.3, -0.25) is 14.4 Å². The number of ketones is 2. The van der Waals surface area contributed by atoms with E-state index in [0.29, 0.717) is 17.7 Å². The first-order valence-corrected chi connectivity index (χ1v) is 7.81. The zero-order valence-electron chi connectivity index (χ0n) is 12.6. The van der Waals surface area contributed by atoms with Crippen LogP contribution in [0.5, 0.6) is 5.75 Å². The first-order chi connectivity index (χ1) is 10.4. The molecule has 1 unspecified atom stereocenters. The van der Waals surface area contributed by atoms with Gasteiger partial charge < -0.3 is 9.47 Å². The molecule has 0 saturated heterocycles. The van der Waals surface area contributed by atoms with E-state index in [1.165, 1.54) is 7.11 Å². The standard InChI is InChI=1S/C15H17FO5S/c1-4-21-15(19)9(11(17)8-5-6-8)12(18)14-10(16)13(20-3)7(2)22-14/h8-9H,4-6H2,1-3H3. The van der Waals surface area contributed by atoms with Gasteiger partial charge in [-0.1, -0.05) is 0 Å². The van der Waals surface area contributed by atoms with E-state index in [1.807, 2.05) is 0 Å². The van der Waals surface area contributed by atoms with Crippen molar-refractivity contribution < 1.29 is 28.2 Å². The zero-order chi connectivity index (χ0) is 16.4. The van der Waals surface area contributed by atoms with Crippen LogP contribution >= 0.6 is 11.3 Å². The number of ether oxygens (including phenoxy) is 2. The lowest BCUT2D eigenvalue weighted by Crippen LogP contribution is -2.34. The molecular weight excluding hydrogens is 311 g/mol. The highest BCUT2D eigenvalue weighted by Gasteiger charge is 2.45. The Labute approximate surface area is 131 Å². The molecule has 1 aliphatic carbocycles. The van der Waals surface area contributed by atoms with E-state index in [2.05, 4.69) is 0 Å². The Morgan fingerprint density at radius 3 is 2.45 bits per heavy atom. The first kappa shape index (κ1) is 16.6. The maximum atomic E-state index is 14.2. The van der Waals surface area contributed by atoms with E-state index in [-0.39, 0.29) is 23.2 Å². The highest BCUT2D eigenvalue weighted by molar-refractivity contribution is 7.14. The summed E-state index contributed by atoms with van der Waals surface area (Å²) in [6, 6.07) is 0. The summed E-state index contributed by atoms with van der Waals surface area (Å²) >= 11 is 0.877. The van der Waals surface area contributed by atoms with Gasteiger partial charge in [0.1, 0.15) is 4.88 Å². The molecule has 0 aromatic carbocycles. The van der Waals surface area contributed by atoms with Gasteiger partial charge in [0.25, 0.3) is 0 Å². The van der Waals surface area contributed by atoms with Crippen molar-refractivity contribution in [2.75, 3.05) is 13.7 Å². The topological polar surface area (TPSA) is 69.7 Å². The maximum Gasteiger partial charge on any atom is 0.324 e. The van der Waals surface area contributed by atoms with Crippen LogP contribution in [-0.2, 0) is 14.3 Å². The van der Waals surface area contributed by atoms with Crippen molar-refractivity contribution in [2.24, 2.45) is 11.8 Å². The predicted octanol–water partition coefficient (Wildman–Crippen LogP) is 2.55. The monoisotopic (exact) mass is 328 g/mol. The van der Waals surface area contributed by atoms with Crippen molar-refractivity contribution in [2.45, 2.75) is 26.7 Å². The van der Waals surface area contributed by atoms with Crippen LogP contribution in [0.2, 0.25) is 0 Å². The minimum absolute atomic E-state index is 0.0326. The third-order valence-corrected chi connectivity index (χ3v) is 4.53. The summed E-state index contributed by atoms with van der Waals surface area (Å²) in [5, 5.41) is 0. The van der Waals surface area contributed by atoms with E-state index in [9.17, 15) is 18.8 Å². The van der Waals surface area contributed by atoms with Gasteiger partial charge >= 0.3 is 5.97 Å². The zero-order valence-corrected chi connectivity index (χ0v) is 13.4. The molecule has 1 aromatic heterocycles. The summed E-state index contributed by atoms with van der Waals surface area (Å²) in [6.45, 7) is 3.24. The number of carbonyl (C=O) groups excluding carboxylic acids is 3. The molecule has 1 aliphatic rings. The number of carbonyl (C=O) groups is 3. The van der Waals surface area contributed by atoms with Gasteiger partial charge in [-0.15, -0.1) is 11.3 Å². The molecule has 0 spiro atoms. The maximum absolute atomic E-state index is 14.2. The lowest BCUT2D eigenvalue weighted by molar-refractivity contribution is -0.149. The minimum Gasteiger partial charge on any atom is -0.492 e. The number of Topliss-reactive ketones (excluding diaryl/α,β-unsaturated/α-hetero) is 2. The molecule has 120 valence electrons. The van der Waals surface area contributed by atoms with Gasteiger partial charge in [-0.05, 0) is 26.7 Å². The molecule has 1 heterocycles. The minimum atomic E-state index is -1.58. The fourth-order valence-electron chi connectivity index (χ4n) is 2.21. The summed E-state index contributed by atoms with van der Waals surface area (Å²) in [5.41, 5.74) is 0. The molecule has 1 atom stereocenters. The second-order valence-corrected chi connectivity index (χ2v) is 6.29. The van der Waals surface area contributed by atoms with E-state index in [4.69, 9.17) is 9.47 Å². The molecule has 2 rings (SSSR count). The van der Waals surface area contributed by atoms with Crippen molar-refractivity contribution in [1.82, 2.24) is 0 Å². The second kappa shape index (κ2) is 6.56. The molecule has 1 aromatic rings. The Balaban J connectivity index is 2.36. The summed E-state index contributed by atoms with van der Waals surface area (Å²) < 4.78 is 24.0. The molecule has 0 bridgehead atoms. The normalized spacial score (nSPS) is 15.3. The van der Waals surface area contributed by atoms with E-state index >= 15 is 0 Å². The number of aryl methyl sites for hydroxylation is 1. The Morgan fingerprint density at radius 1 is 1.36 bits per heavy atom. The molecule has 0 N–H and O–H groups in total. The average Bonchev–Trinajstić information content (AvgIpc) is 3.26. The molecule has 22 heavy (non-hydrogen) atoms. The van der Waals surface area contributed by atoms with Gasteiger partial charge in [0.05, 0.1) is 13.7 Å². The Hall–Kier alpha value is -1.76. The van der Waals surface area contributed by atoms with E-state index in [0.717, 1.165) is 11.3 Å². The van der Waals surface area contributed by atoms with Gasteiger partial charge in [0.15, 0.2) is 29.1 Å². The summed E-state index contributed by atoms with van der Waals surface area (Å²) in [5.74, 6) is -4.97. The van der Waals surface area contributed by atoms with Crippen LogP contribution in [0.3, 0.4) is 0 Å². The van der Waals surface area contributed by atoms with E-state index in [1.54, 1.807) is 13.8 Å². The molecule has 5 nitrogen and oxygen atoms in total. The molecule has 1 fully saturated rings. The van der Waals surface area contributed by atoms with Crippen molar-refractivity contribution in [3.63, 3.8) is 0 Å². The van der Waals surface area contributed by atoms with Crippen LogP contribution < -0.4 is 4.74 Å². The lowest BCUT2D eigenvalue weighted by Gasteiger charge is -2.12. The molecule has 0 amide bonds. The molecule has 0 aliphatic heterocycles. The Morgan fingerprint density at radius 2 is 2.00 bits per heavy atom.